The minimum Gasteiger partial charge on any atom is -0.346 e. The van der Waals surface area contributed by atoms with Gasteiger partial charge in [0.2, 0.25) is 11.8 Å². The molecule has 3 aromatic rings. The van der Waals surface area contributed by atoms with Gasteiger partial charge in [-0.3, -0.25) is 9.59 Å². The van der Waals surface area contributed by atoms with Crippen molar-refractivity contribution in [3.05, 3.63) is 65.5 Å². The van der Waals surface area contributed by atoms with Crippen molar-refractivity contribution in [3.8, 4) is 0 Å². The Labute approximate surface area is 188 Å². The van der Waals surface area contributed by atoms with Crippen molar-refractivity contribution in [2.24, 2.45) is 0 Å². The Bertz CT molecular complexity index is 1180. The molecule has 32 heavy (non-hydrogen) atoms. The molecule has 0 radical (unpaired) electrons. The molecule has 3 heterocycles. The molecule has 0 spiro atoms. The molecule has 1 N–H and O–H groups in total. The fraction of sp³-hybridized carbons (Fsp3) is 0.320. The van der Waals surface area contributed by atoms with Crippen LogP contribution in [0.25, 0.3) is 17.0 Å². The highest BCUT2D eigenvalue weighted by atomic mass is 16.2. The smallest absolute Gasteiger partial charge is 0.246 e. The molecular formula is C25H29N5O2. The lowest BCUT2D eigenvalue weighted by Crippen LogP contribution is -2.24. The SMILES string of the molecule is CN(C)CCn1cc(CN(C)C(=O)C=Cc2cnc3c(c2)CCC(=O)N3)c2ccccc21. The van der Waals surface area contributed by atoms with E-state index >= 15 is 0 Å². The first-order chi connectivity index (χ1) is 15.4. The molecule has 0 saturated carbocycles. The van der Waals surface area contributed by atoms with Crippen molar-refractivity contribution < 1.29 is 9.59 Å². The van der Waals surface area contributed by atoms with Crippen LogP contribution in [0.15, 0.2) is 48.8 Å². The minimum atomic E-state index is -0.0684. The Kier molecular flexibility index (Phi) is 6.37. The molecule has 0 atom stereocenters. The van der Waals surface area contributed by atoms with Gasteiger partial charge in [0.15, 0.2) is 0 Å². The Hall–Kier alpha value is -3.45. The van der Waals surface area contributed by atoms with Gasteiger partial charge in [-0.1, -0.05) is 18.2 Å². The average Bonchev–Trinajstić information content (AvgIpc) is 3.13. The summed E-state index contributed by atoms with van der Waals surface area (Å²) in [6.07, 6.45) is 8.32. The minimum absolute atomic E-state index is 0.00633. The summed E-state index contributed by atoms with van der Waals surface area (Å²) in [4.78, 5) is 32.4. The van der Waals surface area contributed by atoms with Gasteiger partial charge in [0.25, 0.3) is 0 Å². The number of nitrogens with one attached hydrogen (secondary N) is 1. The van der Waals surface area contributed by atoms with Crippen LogP contribution in [0.3, 0.4) is 0 Å². The third-order valence-electron chi connectivity index (χ3n) is 5.73. The normalized spacial score (nSPS) is 13.6. The zero-order valence-electron chi connectivity index (χ0n) is 18.8. The van der Waals surface area contributed by atoms with Crippen LogP contribution in [0.4, 0.5) is 5.82 Å². The van der Waals surface area contributed by atoms with E-state index in [1.807, 2.05) is 25.2 Å². The highest BCUT2D eigenvalue weighted by Gasteiger charge is 2.16. The number of amides is 2. The number of likely N-dealkylation sites (N-methyl/N-ethyl adjacent to an activating group) is 2. The molecule has 0 saturated heterocycles. The Morgan fingerprint density at radius 1 is 1.22 bits per heavy atom. The fourth-order valence-electron chi connectivity index (χ4n) is 3.94. The van der Waals surface area contributed by atoms with Crippen molar-refractivity contribution in [1.29, 1.82) is 0 Å². The van der Waals surface area contributed by atoms with Gasteiger partial charge in [-0.15, -0.1) is 0 Å². The lowest BCUT2D eigenvalue weighted by Gasteiger charge is -2.16. The molecule has 4 rings (SSSR count). The van der Waals surface area contributed by atoms with E-state index in [1.54, 1.807) is 23.2 Å². The summed E-state index contributed by atoms with van der Waals surface area (Å²) in [5, 5.41) is 3.95. The number of para-hydroxylation sites is 1. The molecule has 1 aliphatic heterocycles. The molecule has 0 fully saturated rings. The van der Waals surface area contributed by atoms with Gasteiger partial charge in [0.1, 0.15) is 5.82 Å². The van der Waals surface area contributed by atoms with E-state index in [-0.39, 0.29) is 11.8 Å². The zero-order valence-corrected chi connectivity index (χ0v) is 18.8. The second kappa shape index (κ2) is 9.36. The summed E-state index contributed by atoms with van der Waals surface area (Å²) < 4.78 is 2.26. The molecule has 7 heteroatoms. The number of benzene rings is 1. The number of aromatic nitrogens is 2. The van der Waals surface area contributed by atoms with Crippen molar-refractivity contribution in [3.63, 3.8) is 0 Å². The van der Waals surface area contributed by atoms with Crippen molar-refractivity contribution >= 4 is 34.6 Å². The van der Waals surface area contributed by atoms with Crippen LogP contribution in [-0.4, -0.2) is 58.9 Å². The summed E-state index contributed by atoms with van der Waals surface area (Å²) in [6, 6.07) is 10.3. The summed E-state index contributed by atoms with van der Waals surface area (Å²) in [5.74, 6) is 0.543. The lowest BCUT2D eigenvalue weighted by atomic mass is 10.0. The van der Waals surface area contributed by atoms with Crippen molar-refractivity contribution in [2.45, 2.75) is 25.9 Å². The van der Waals surface area contributed by atoms with Gasteiger partial charge in [-0.2, -0.15) is 0 Å². The van der Waals surface area contributed by atoms with E-state index in [2.05, 4.69) is 52.2 Å². The van der Waals surface area contributed by atoms with Gasteiger partial charge >= 0.3 is 0 Å². The number of pyridine rings is 1. The van der Waals surface area contributed by atoms with Crippen LogP contribution in [-0.2, 0) is 29.1 Å². The molecule has 0 bridgehead atoms. The molecule has 0 unspecified atom stereocenters. The number of rotatable bonds is 7. The molecule has 0 aliphatic carbocycles. The Balaban J connectivity index is 1.46. The van der Waals surface area contributed by atoms with Crippen LogP contribution in [0.5, 0.6) is 0 Å². The number of aryl methyl sites for hydroxylation is 1. The number of hydrogen-bond acceptors (Lipinski definition) is 4. The van der Waals surface area contributed by atoms with E-state index in [0.29, 0.717) is 25.2 Å². The molecule has 2 amide bonds. The second-order valence-corrected chi connectivity index (χ2v) is 8.52. The predicted octanol–water partition coefficient (Wildman–Crippen LogP) is 3.15. The first-order valence-corrected chi connectivity index (χ1v) is 10.8. The second-order valence-electron chi connectivity index (χ2n) is 8.52. The molecule has 1 aliphatic rings. The Morgan fingerprint density at radius 3 is 2.84 bits per heavy atom. The number of carbonyl (C=O) groups excluding carboxylic acids is 2. The van der Waals surface area contributed by atoms with Crippen LogP contribution >= 0.6 is 0 Å². The van der Waals surface area contributed by atoms with E-state index < -0.39 is 0 Å². The lowest BCUT2D eigenvalue weighted by molar-refractivity contribution is -0.125. The maximum atomic E-state index is 12.8. The van der Waals surface area contributed by atoms with Crippen LogP contribution < -0.4 is 5.32 Å². The average molecular weight is 432 g/mol. The topological polar surface area (TPSA) is 70.5 Å². The highest BCUT2D eigenvalue weighted by Crippen LogP contribution is 2.23. The van der Waals surface area contributed by atoms with Gasteiger partial charge in [0, 0.05) is 62.5 Å². The summed E-state index contributed by atoms with van der Waals surface area (Å²) in [7, 11) is 5.96. The first kappa shape index (κ1) is 21.8. The Morgan fingerprint density at radius 2 is 2.03 bits per heavy atom. The van der Waals surface area contributed by atoms with E-state index in [0.717, 1.165) is 29.8 Å². The van der Waals surface area contributed by atoms with Gasteiger partial charge in [-0.25, -0.2) is 4.98 Å². The molecule has 166 valence electrons. The highest BCUT2D eigenvalue weighted by molar-refractivity contribution is 5.94. The van der Waals surface area contributed by atoms with E-state index in [9.17, 15) is 9.59 Å². The number of anilines is 1. The van der Waals surface area contributed by atoms with Crippen LogP contribution in [0.1, 0.15) is 23.1 Å². The third kappa shape index (κ3) is 4.89. The van der Waals surface area contributed by atoms with Crippen LogP contribution in [0, 0.1) is 0 Å². The maximum absolute atomic E-state index is 12.8. The standard InChI is InChI=1S/C25H29N5O2/c1-28(2)12-13-30-17-20(21-6-4-5-7-22(21)30)16-29(3)24(32)11-8-18-14-19-9-10-23(31)27-25(19)26-15-18/h4-8,11,14-15,17H,9-10,12-13,16H2,1-3H3,(H,26,27,31). The maximum Gasteiger partial charge on any atom is 0.246 e. The number of fused-ring (bicyclic) bond motifs is 2. The molecule has 7 nitrogen and oxygen atoms in total. The van der Waals surface area contributed by atoms with Gasteiger partial charge in [-0.05, 0) is 55.4 Å². The number of nitrogens with zero attached hydrogens (tertiary/aromatic N) is 4. The van der Waals surface area contributed by atoms with Crippen molar-refractivity contribution in [2.75, 3.05) is 33.0 Å². The molecule has 2 aromatic heterocycles. The predicted molar refractivity (Wildman–Crippen MR) is 127 cm³/mol. The monoisotopic (exact) mass is 431 g/mol. The van der Waals surface area contributed by atoms with Crippen LogP contribution in [0.2, 0.25) is 0 Å². The fourth-order valence-corrected chi connectivity index (χ4v) is 3.94. The zero-order chi connectivity index (χ0) is 22.7. The summed E-state index contributed by atoms with van der Waals surface area (Å²) in [5.41, 5.74) is 4.17. The molecular weight excluding hydrogens is 402 g/mol. The largest absolute Gasteiger partial charge is 0.346 e. The number of carbonyl (C=O) groups is 2. The number of hydrogen-bond donors (Lipinski definition) is 1. The molecule has 1 aromatic carbocycles. The van der Waals surface area contributed by atoms with E-state index in [1.165, 1.54) is 10.9 Å². The van der Waals surface area contributed by atoms with E-state index in [4.69, 9.17) is 0 Å². The summed E-state index contributed by atoms with van der Waals surface area (Å²) >= 11 is 0. The van der Waals surface area contributed by atoms with Crippen molar-refractivity contribution in [1.82, 2.24) is 19.4 Å². The summed E-state index contributed by atoms with van der Waals surface area (Å²) in [6.45, 7) is 2.39. The quantitative estimate of drug-likeness (QED) is 0.584. The van der Waals surface area contributed by atoms with Gasteiger partial charge in [0.05, 0.1) is 0 Å². The third-order valence-corrected chi connectivity index (χ3v) is 5.73. The van der Waals surface area contributed by atoms with Gasteiger partial charge < -0.3 is 19.7 Å². The first-order valence-electron chi connectivity index (χ1n) is 10.8.